The lowest BCUT2D eigenvalue weighted by molar-refractivity contribution is -0.133. The lowest BCUT2D eigenvalue weighted by atomic mass is 9.90. The fourth-order valence-electron chi connectivity index (χ4n) is 4.31. The van der Waals surface area contributed by atoms with Crippen molar-refractivity contribution in [1.82, 2.24) is 4.90 Å². The van der Waals surface area contributed by atoms with Crippen LogP contribution in [0.2, 0.25) is 0 Å². The van der Waals surface area contributed by atoms with Gasteiger partial charge < -0.3 is 14.1 Å². The van der Waals surface area contributed by atoms with Crippen LogP contribution in [0.25, 0.3) is 11.0 Å². The molecule has 0 N–H and O–H groups in total. The first-order chi connectivity index (χ1) is 13.7. The monoisotopic (exact) mass is 419 g/mol. The second-order valence-electron chi connectivity index (χ2n) is 8.04. The second kappa shape index (κ2) is 7.48. The summed E-state index contributed by atoms with van der Waals surface area (Å²) >= 11 is 0. The molecule has 29 heavy (non-hydrogen) atoms. The number of rotatable bonds is 4. The highest BCUT2D eigenvalue weighted by molar-refractivity contribution is 7.91. The average molecular weight is 419 g/mol. The number of carbonyl (C=O) groups excluding carboxylic acids is 1. The molecule has 1 saturated heterocycles. The first-order valence-electron chi connectivity index (χ1n) is 9.93. The molecule has 0 spiro atoms. The highest BCUT2D eigenvalue weighted by atomic mass is 32.2. The zero-order valence-electron chi connectivity index (χ0n) is 16.7. The summed E-state index contributed by atoms with van der Waals surface area (Å²) in [5.41, 5.74) is 2.72. The predicted octanol–water partition coefficient (Wildman–Crippen LogP) is 2.00. The van der Waals surface area contributed by atoms with Crippen LogP contribution in [0.15, 0.2) is 21.3 Å². The largest absolute Gasteiger partial charge is 0.483 e. The van der Waals surface area contributed by atoms with Crippen LogP contribution in [-0.4, -0.2) is 50.4 Å². The van der Waals surface area contributed by atoms with Crippen molar-refractivity contribution in [3.8, 4) is 5.75 Å². The van der Waals surface area contributed by atoms with Crippen LogP contribution in [0.3, 0.4) is 0 Å². The van der Waals surface area contributed by atoms with E-state index < -0.39 is 9.84 Å². The van der Waals surface area contributed by atoms with Gasteiger partial charge in [-0.2, -0.15) is 0 Å². The van der Waals surface area contributed by atoms with Gasteiger partial charge in [-0.3, -0.25) is 4.79 Å². The minimum atomic E-state index is -3.07. The Morgan fingerprint density at radius 2 is 1.97 bits per heavy atom. The van der Waals surface area contributed by atoms with Crippen LogP contribution in [0.4, 0.5) is 0 Å². The molecular weight excluding hydrogens is 394 g/mol. The van der Waals surface area contributed by atoms with E-state index >= 15 is 0 Å². The number of ether oxygens (including phenoxy) is 1. The molecule has 2 aliphatic rings. The number of hydrogen-bond acceptors (Lipinski definition) is 6. The number of likely N-dealkylation sites (N-methyl/N-ethyl adjacent to an activating group) is 1. The molecule has 1 atom stereocenters. The van der Waals surface area contributed by atoms with Crippen molar-refractivity contribution in [3.05, 3.63) is 39.2 Å². The number of amides is 1. The average Bonchev–Trinajstić information content (AvgIpc) is 3.04. The second-order valence-corrected chi connectivity index (χ2v) is 10.3. The van der Waals surface area contributed by atoms with Crippen LogP contribution in [0.5, 0.6) is 5.75 Å². The Kier molecular flexibility index (Phi) is 5.14. The van der Waals surface area contributed by atoms with E-state index in [0.29, 0.717) is 29.7 Å². The summed E-state index contributed by atoms with van der Waals surface area (Å²) < 4.78 is 34.8. The quantitative estimate of drug-likeness (QED) is 0.704. The van der Waals surface area contributed by atoms with Crippen LogP contribution in [-0.2, 0) is 27.5 Å². The van der Waals surface area contributed by atoms with Crippen molar-refractivity contribution in [2.24, 2.45) is 0 Å². The predicted molar refractivity (Wildman–Crippen MR) is 109 cm³/mol. The van der Waals surface area contributed by atoms with E-state index in [1.165, 1.54) is 4.90 Å². The van der Waals surface area contributed by atoms with Crippen molar-refractivity contribution in [2.45, 2.75) is 45.1 Å². The van der Waals surface area contributed by atoms with Crippen molar-refractivity contribution in [1.29, 1.82) is 0 Å². The SMILES string of the molecule is Cc1cc(OCC(=O)N(C)[C@@H]2CCS(=O)(=O)C2)c2c3c(c(=O)oc2c1)CCCC3. The van der Waals surface area contributed by atoms with Crippen molar-refractivity contribution in [3.63, 3.8) is 0 Å². The molecule has 4 rings (SSSR count). The minimum Gasteiger partial charge on any atom is -0.483 e. The zero-order chi connectivity index (χ0) is 20.8. The third-order valence-electron chi connectivity index (χ3n) is 5.93. The molecule has 1 aliphatic heterocycles. The molecule has 1 aromatic carbocycles. The summed E-state index contributed by atoms with van der Waals surface area (Å²) in [6, 6.07) is 3.36. The van der Waals surface area contributed by atoms with Crippen LogP contribution in [0.1, 0.15) is 36.0 Å². The van der Waals surface area contributed by atoms with Gasteiger partial charge in [0.1, 0.15) is 11.3 Å². The maximum absolute atomic E-state index is 12.6. The first kappa shape index (κ1) is 19.9. The Bertz CT molecular complexity index is 1130. The number of benzene rings is 1. The maximum Gasteiger partial charge on any atom is 0.339 e. The van der Waals surface area contributed by atoms with Crippen LogP contribution >= 0.6 is 0 Å². The summed E-state index contributed by atoms with van der Waals surface area (Å²) in [6.07, 6.45) is 3.88. The van der Waals surface area contributed by atoms with E-state index in [1.807, 2.05) is 19.1 Å². The molecule has 0 unspecified atom stereocenters. The summed E-state index contributed by atoms with van der Waals surface area (Å²) in [4.78, 5) is 26.4. The summed E-state index contributed by atoms with van der Waals surface area (Å²) in [5, 5.41) is 0.767. The molecule has 156 valence electrons. The van der Waals surface area contributed by atoms with E-state index in [2.05, 4.69) is 0 Å². The van der Waals surface area contributed by atoms with E-state index in [-0.39, 0.29) is 35.7 Å². The lowest BCUT2D eigenvalue weighted by Crippen LogP contribution is -2.40. The number of hydrogen-bond donors (Lipinski definition) is 0. The van der Waals surface area contributed by atoms with Gasteiger partial charge in [-0.1, -0.05) is 0 Å². The summed E-state index contributed by atoms with van der Waals surface area (Å²) in [5.74, 6) is 0.376. The van der Waals surface area contributed by atoms with Gasteiger partial charge in [0, 0.05) is 18.7 Å². The molecule has 1 amide bonds. The van der Waals surface area contributed by atoms with E-state index in [9.17, 15) is 18.0 Å². The van der Waals surface area contributed by atoms with E-state index in [4.69, 9.17) is 9.15 Å². The molecule has 1 aromatic heterocycles. The van der Waals surface area contributed by atoms with Crippen molar-refractivity contribution in [2.75, 3.05) is 25.2 Å². The van der Waals surface area contributed by atoms with Crippen LogP contribution < -0.4 is 10.4 Å². The highest BCUT2D eigenvalue weighted by Gasteiger charge is 2.33. The minimum absolute atomic E-state index is 0.00127. The number of carbonyl (C=O) groups is 1. The Morgan fingerprint density at radius 1 is 1.24 bits per heavy atom. The third-order valence-corrected chi connectivity index (χ3v) is 7.68. The van der Waals surface area contributed by atoms with Gasteiger partial charge in [-0.05, 0) is 62.3 Å². The Balaban J connectivity index is 1.61. The van der Waals surface area contributed by atoms with Gasteiger partial charge in [0.05, 0.1) is 16.9 Å². The molecule has 2 aromatic rings. The fourth-order valence-corrected chi connectivity index (χ4v) is 6.08. The van der Waals surface area contributed by atoms with Crippen molar-refractivity contribution < 1.29 is 22.4 Å². The normalized spacial score (nSPS) is 20.4. The van der Waals surface area contributed by atoms with E-state index in [0.717, 1.165) is 35.8 Å². The Labute approximate surface area is 169 Å². The van der Waals surface area contributed by atoms with Gasteiger partial charge >= 0.3 is 5.63 Å². The molecule has 7 nitrogen and oxygen atoms in total. The zero-order valence-corrected chi connectivity index (χ0v) is 17.5. The molecule has 0 saturated carbocycles. The fraction of sp³-hybridized carbons (Fsp3) is 0.524. The number of aryl methyl sites for hydroxylation is 2. The third kappa shape index (κ3) is 3.90. The molecule has 1 fully saturated rings. The molecule has 0 radical (unpaired) electrons. The number of fused-ring (bicyclic) bond motifs is 3. The Morgan fingerprint density at radius 3 is 2.66 bits per heavy atom. The molecule has 2 heterocycles. The van der Waals surface area contributed by atoms with Gasteiger partial charge in [-0.15, -0.1) is 0 Å². The molecule has 0 bridgehead atoms. The van der Waals surface area contributed by atoms with Gasteiger partial charge in [0.2, 0.25) is 0 Å². The lowest BCUT2D eigenvalue weighted by Gasteiger charge is -2.24. The number of nitrogens with zero attached hydrogens (tertiary/aromatic N) is 1. The van der Waals surface area contributed by atoms with Crippen LogP contribution in [0, 0.1) is 6.92 Å². The topological polar surface area (TPSA) is 93.9 Å². The standard InChI is InChI=1S/C21H25NO6S/c1-13-9-17(27-11-19(23)22(2)14-7-8-29(25,26)12-14)20-15-5-3-4-6-16(15)21(24)28-18(20)10-13/h9-10,14H,3-8,11-12H2,1-2H3/t14-/m1/s1. The first-order valence-corrected chi connectivity index (χ1v) is 11.8. The smallest absolute Gasteiger partial charge is 0.339 e. The summed E-state index contributed by atoms with van der Waals surface area (Å²) in [7, 11) is -1.45. The summed E-state index contributed by atoms with van der Waals surface area (Å²) in [6.45, 7) is 1.68. The van der Waals surface area contributed by atoms with Gasteiger partial charge in [0.25, 0.3) is 5.91 Å². The number of sulfone groups is 1. The molecule has 8 heteroatoms. The van der Waals surface area contributed by atoms with Gasteiger partial charge in [0.15, 0.2) is 16.4 Å². The van der Waals surface area contributed by atoms with E-state index in [1.54, 1.807) is 7.05 Å². The maximum atomic E-state index is 12.6. The molecule has 1 aliphatic carbocycles. The Hall–Kier alpha value is -2.35. The highest BCUT2D eigenvalue weighted by Crippen LogP contribution is 2.34. The van der Waals surface area contributed by atoms with Gasteiger partial charge in [-0.25, -0.2) is 13.2 Å². The van der Waals surface area contributed by atoms with Crippen molar-refractivity contribution >= 4 is 26.7 Å². The molecular formula is C21H25NO6S.